The first kappa shape index (κ1) is 29.1. The van der Waals surface area contributed by atoms with Crippen molar-refractivity contribution in [3.8, 4) is 22.9 Å². The highest BCUT2D eigenvalue weighted by atomic mass is 19.1. The first-order valence-electron chi connectivity index (χ1n) is 15.9. The maximum atomic E-state index is 16.8. The van der Waals surface area contributed by atoms with Crippen LogP contribution >= 0.6 is 0 Å². The zero-order valence-corrected chi connectivity index (χ0v) is 25.3. The molecular formula is C35H34F3N5O3. The number of phenols is 1. The molecule has 3 aromatic carbocycles. The lowest BCUT2D eigenvalue weighted by atomic mass is 9.95. The molecule has 4 saturated heterocycles. The van der Waals surface area contributed by atoms with Crippen LogP contribution in [-0.2, 0) is 4.79 Å². The summed E-state index contributed by atoms with van der Waals surface area (Å²) in [7, 11) is 0. The molecule has 4 fully saturated rings. The third kappa shape index (κ3) is 4.58. The first-order chi connectivity index (χ1) is 22.2. The van der Waals surface area contributed by atoms with E-state index < -0.39 is 23.3 Å². The molecule has 4 atom stereocenters. The third-order valence-corrected chi connectivity index (χ3v) is 10.4. The Morgan fingerprint density at radius 1 is 1.09 bits per heavy atom. The summed E-state index contributed by atoms with van der Waals surface area (Å²) < 4.78 is 52.6. The Morgan fingerprint density at radius 3 is 2.67 bits per heavy atom. The van der Waals surface area contributed by atoms with Crippen molar-refractivity contribution in [2.45, 2.75) is 55.9 Å². The molecule has 4 aliphatic heterocycles. The van der Waals surface area contributed by atoms with Crippen molar-refractivity contribution in [2.24, 2.45) is 0 Å². The van der Waals surface area contributed by atoms with E-state index in [0.717, 1.165) is 32.2 Å². The lowest BCUT2D eigenvalue weighted by molar-refractivity contribution is -0.129. The summed E-state index contributed by atoms with van der Waals surface area (Å²) >= 11 is 0. The van der Waals surface area contributed by atoms with Crippen molar-refractivity contribution in [1.82, 2.24) is 19.8 Å². The topological polar surface area (TPSA) is 82.0 Å². The van der Waals surface area contributed by atoms with E-state index in [4.69, 9.17) is 9.72 Å². The summed E-state index contributed by atoms with van der Waals surface area (Å²) in [6, 6.07) is 10.5. The highest BCUT2D eigenvalue weighted by molar-refractivity contribution is 6.01. The van der Waals surface area contributed by atoms with Gasteiger partial charge in [0.25, 0.3) is 0 Å². The second-order valence-electron chi connectivity index (χ2n) is 13.1. The Labute approximate surface area is 264 Å². The number of hydrogen-bond acceptors (Lipinski definition) is 7. The number of phenolic OH excluding ortho intramolecular Hbond substituents is 1. The average Bonchev–Trinajstić information content (AvgIpc) is 3.66. The van der Waals surface area contributed by atoms with Crippen LogP contribution in [0.2, 0.25) is 0 Å². The van der Waals surface area contributed by atoms with Crippen molar-refractivity contribution >= 4 is 33.4 Å². The minimum atomic E-state index is -0.931. The van der Waals surface area contributed by atoms with Gasteiger partial charge in [-0.1, -0.05) is 24.8 Å². The molecule has 46 heavy (non-hydrogen) atoms. The summed E-state index contributed by atoms with van der Waals surface area (Å²) in [4.78, 5) is 28.1. The van der Waals surface area contributed by atoms with Crippen LogP contribution < -0.4 is 9.64 Å². The first-order valence-corrected chi connectivity index (χ1v) is 15.9. The zero-order chi connectivity index (χ0) is 31.7. The molecule has 0 saturated carbocycles. The monoisotopic (exact) mass is 629 g/mol. The Kier molecular flexibility index (Phi) is 6.86. The van der Waals surface area contributed by atoms with Gasteiger partial charge in [-0.3, -0.25) is 9.69 Å². The number of nitrogens with zero attached hydrogens (tertiary/aromatic N) is 5. The number of halogens is 3. The molecule has 2 bridgehead atoms. The summed E-state index contributed by atoms with van der Waals surface area (Å²) in [5.74, 6) is -0.978. The van der Waals surface area contributed by atoms with Gasteiger partial charge in [-0.2, -0.15) is 9.97 Å². The molecule has 0 radical (unpaired) electrons. The summed E-state index contributed by atoms with van der Waals surface area (Å²) in [6.45, 7) is 6.00. The molecule has 1 N–H and O–H groups in total. The second kappa shape index (κ2) is 10.9. The summed E-state index contributed by atoms with van der Waals surface area (Å²) in [5, 5.41) is 11.5. The maximum Gasteiger partial charge on any atom is 0.319 e. The van der Waals surface area contributed by atoms with Gasteiger partial charge in [-0.15, -0.1) is 0 Å². The van der Waals surface area contributed by atoms with E-state index in [-0.39, 0.29) is 58.4 Å². The van der Waals surface area contributed by atoms with Crippen molar-refractivity contribution in [3.05, 3.63) is 66.8 Å². The molecular weight excluding hydrogens is 595 g/mol. The number of aromatic nitrogens is 2. The molecule has 8 rings (SSSR count). The fraction of sp³-hybridized carbons (Fsp3) is 0.400. The van der Waals surface area contributed by atoms with Gasteiger partial charge in [0.1, 0.15) is 35.7 Å². The minimum Gasteiger partial charge on any atom is -0.508 e. The fourth-order valence-corrected chi connectivity index (χ4v) is 8.41. The van der Waals surface area contributed by atoms with Gasteiger partial charge in [0, 0.05) is 54.5 Å². The van der Waals surface area contributed by atoms with Crippen LogP contribution in [0, 0.1) is 11.6 Å². The molecule has 5 heterocycles. The van der Waals surface area contributed by atoms with Gasteiger partial charge >= 0.3 is 6.01 Å². The van der Waals surface area contributed by atoms with E-state index in [0.29, 0.717) is 42.6 Å². The quantitative estimate of drug-likeness (QED) is 0.272. The molecule has 4 aliphatic rings. The Hall–Kier alpha value is -4.38. The number of piperazine rings is 1. The van der Waals surface area contributed by atoms with E-state index in [1.54, 1.807) is 18.2 Å². The average molecular weight is 630 g/mol. The lowest BCUT2D eigenvalue weighted by Gasteiger charge is -2.41. The van der Waals surface area contributed by atoms with Gasteiger partial charge in [-0.25, -0.2) is 13.2 Å². The van der Waals surface area contributed by atoms with E-state index in [9.17, 15) is 14.3 Å². The fourth-order valence-electron chi connectivity index (χ4n) is 8.41. The SMILES string of the molecule is C=CC(=O)N1[C@@H]2CC[C@H]1CN(c1nc(OC[C@@]34CCCN3C[C@H](F)C4)nc3c(F)c(-c4cc(O)cc5cccc(F)c45)ccc13)C2. The number of carbonyl (C=O) groups is 1. The van der Waals surface area contributed by atoms with Gasteiger partial charge in [0.15, 0.2) is 5.82 Å². The third-order valence-electron chi connectivity index (χ3n) is 10.4. The number of hydrogen-bond donors (Lipinski definition) is 1. The van der Waals surface area contributed by atoms with E-state index in [1.807, 2.05) is 4.90 Å². The number of anilines is 1. The van der Waals surface area contributed by atoms with Crippen LogP contribution in [0.5, 0.6) is 11.8 Å². The van der Waals surface area contributed by atoms with Crippen LogP contribution in [0.25, 0.3) is 32.8 Å². The van der Waals surface area contributed by atoms with E-state index >= 15 is 8.78 Å². The van der Waals surface area contributed by atoms with Gasteiger partial charge in [0.2, 0.25) is 5.91 Å². The largest absolute Gasteiger partial charge is 0.508 e. The van der Waals surface area contributed by atoms with Gasteiger partial charge in [-0.05, 0) is 73.5 Å². The zero-order valence-electron chi connectivity index (χ0n) is 25.3. The maximum absolute atomic E-state index is 16.8. The lowest BCUT2D eigenvalue weighted by Crippen LogP contribution is -2.55. The normalized spacial score (nSPS) is 25.8. The van der Waals surface area contributed by atoms with Gasteiger partial charge < -0.3 is 19.6 Å². The van der Waals surface area contributed by atoms with Crippen LogP contribution in [0.4, 0.5) is 19.0 Å². The predicted octanol–water partition coefficient (Wildman–Crippen LogP) is 5.75. The van der Waals surface area contributed by atoms with Gasteiger partial charge in [0.05, 0.1) is 5.54 Å². The highest BCUT2D eigenvalue weighted by Crippen LogP contribution is 2.43. The summed E-state index contributed by atoms with van der Waals surface area (Å²) in [5.41, 5.74) is -0.179. The molecule has 1 aromatic heterocycles. The molecule has 11 heteroatoms. The summed E-state index contributed by atoms with van der Waals surface area (Å²) in [6.07, 6.45) is 4.20. The van der Waals surface area contributed by atoms with Crippen LogP contribution in [0.1, 0.15) is 32.1 Å². The Balaban J connectivity index is 1.24. The van der Waals surface area contributed by atoms with Crippen molar-refractivity contribution in [3.63, 3.8) is 0 Å². The van der Waals surface area contributed by atoms with Crippen molar-refractivity contribution in [1.29, 1.82) is 0 Å². The van der Waals surface area contributed by atoms with Crippen LogP contribution in [-0.4, -0.2) is 87.4 Å². The molecule has 0 aliphatic carbocycles. The van der Waals surface area contributed by atoms with Crippen molar-refractivity contribution in [2.75, 3.05) is 37.7 Å². The number of alkyl halides is 1. The van der Waals surface area contributed by atoms with E-state index in [2.05, 4.69) is 21.4 Å². The standard InChI is InChI=1S/C35H34F3N5O3/c1-2-29(45)43-22-7-8-23(43)18-41(17-22)33-26-10-9-25(27-14-24(44)13-20-5-3-6-28(37)30(20)27)31(38)32(26)39-34(40-33)46-19-35-11-4-12-42(35)16-21(36)15-35/h2-3,5-6,9-10,13-14,21-23,44H,1,4,7-8,11-12,15-19H2/t21-,22-,23+,35+/m1/s1. The number of amides is 1. The smallest absolute Gasteiger partial charge is 0.319 e. The molecule has 1 amide bonds. The predicted molar refractivity (Wildman–Crippen MR) is 169 cm³/mol. The Morgan fingerprint density at radius 2 is 1.89 bits per heavy atom. The Bertz CT molecular complexity index is 1890. The second-order valence-corrected chi connectivity index (χ2v) is 13.1. The number of fused-ring (bicyclic) bond motifs is 5. The number of aromatic hydroxyl groups is 1. The number of carbonyl (C=O) groups excluding carboxylic acids is 1. The molecule has 238 valence electrons. The minimum absolute atomic E-state index is 0.00200. The highest BCUT2D eigenvalue weighted by Gasteiger charge is 2.49. The number of ether oxygens (including phenoxy) is 1. The van der Waals surface area contributed by atoms with Crippen molar-refractivity contribution < 1.29 is 27.8 Å². The molecule has 0 spiro atoms. The number of rotatable bonds is 6. The molecule has 0 unspecified atom stereocenters. The van der Waals surface area contributed by atoms with Crippen LogP contribution in [0.15, 0.2) is 55.1 Å². The number of benzene rings is 3. The molecule has 8 nitrogen and oxygen atoms in total. The van der Waals surface area contributed by atoms with E-state index in [1.165, 1.54) is 30.3 Å². The molecule has 4 aromatic rings. The van der Waals surface area contributed by atoms with Crippen LogP contribution in [0.3, 0.4) is 0 Å².